The zero-order valence-corrected chi connectivity index (χ0v) is 18.7. The summed E-state index contributed by atoms with van der Waals surface area (Å²) in [5, 5.41) is 24.6. The summed E-state index contributed by atoms with van der Waals surface area (Å²) in [5.41, 5.74) is -0.768. The van der Waals surface area contributed by atoms with E-state index in [2.05, 4.69) is 5.32 Å². The number of anilines is 1. The number of nitro groups is 1. The Balaban J connectivity index is 1.64. The Labute approximate surface area is 204 Å². The van der Waals surface area contributed by atoms with Crippen molar-refractivity contribution in [3.63, 3.8) is 0 Å². The van der Waals surface area contributed by atoms with Gasteiger partial charge in [0.05, 0.1) is 22.4 Å². The summed E-state index contributed by atoms with van der Waals surface area (Å²) in [5.74, 6) is -5.53. The summed E-state index contributed by atoms with van der Waals surface area (Å²) in [4.78, 5) is 51.7. The highest BCUT2D eigenvalue weighted by Crippen LogP contribution is 2.51. The van der Waals surface area contributed by atoms with Crippen molar-refractivity contribution in [3.05, 3.63) is 106 Å². The zero-order chi connectivity index (χ0) is 25.6. The highest BCUT2D eigenvalue weighted by Gasteiger charge is 2.68. The van der Waals surface area contributed by atoms with Crippen LogP contribution in [0.2, 0.25) is 0 Å². The molecule has 9 nitrogen and oxygen atoms in total. The number of rotatable bonds is 6. The first-order chi connectivity index (χ1) is 17.2. The average Bonchev–Trinajstić information content (AvgIpc) is 3.34. The summed E-state index contributed by atoms with van der Waals surface area (Å²) in [6.45, 7) is 0. The quantitative estimate of drug-likeness (QED) is 0.309. The molecule has 2 saturated heterocycles. The zero-order valence-electron chi connectivity index (χ0n) is 18.7. The number of non-ortho nitro benzene ring substituents is 1. The van der Waals surface area contributed by atoms with Gasteiger partial charge in [-0.05, 0) is 35.4 Å². The molecule has 2 N–H and O–H groups in total. The lowest BCUT2D eigenvalue weighted by atomic mass is 9.76. The number of amides is 2. The minimum Gasteiger partial charge on any atom is -0.480 e. The van der Waals surface area contributed by atoms with Crippen LogP contribution < -0.4 is 10.2 Å². The molecule has 4 unspecified atom stereocenters. The molecule has 182 valence electrons. The second-order valence-corrected chi connectivity index (χ2v) is 8.90. The second kappa shape index (κ2) is 8.65. The number of carboxylic acids is 1. The number of imide groups is 1. The number of nitrogens with zero attached hydrogens (tertiary/aromatic N) is 2. The molecule has 0 bridgehead atoms. The number of fused-ring (bicyclic) bond motifs is 1. The molecular formula is C26H20FN3O6. The molecule has 4 atom stereocenters. The second-order valence-electron chi connectivity index (χ2n) is 8.90. The van der Waals surface area contributed by atoms with E-state index in [0.29, 0.717) is 11.1 Å². The van der Waals surface area contributed by atoms with E-state index in [1.165, 1.54) is 36.4 Å². The van der Waals surface area contributed by atoms with Gasteiger partial charge in [-0.2, -0.15) is 0 Å². The largest absolute Gasteiger partial charge is 0.480 e. The van der Waals surface area contributed by atoms with Crippen molar-refractivity contribution in [3.8, 4) is 0 Å². The molecule has 10 heteroatoms. The minimum atomic E-state index is -1.83. The van der Waals surface area contributed by atoms with Gasteiger partial charge in [-0.3, -0.25) is 29.8 Å². The van der Waals surface area contributed by atoms with Crippen LogP contribution in [-0.2, 0) is 20.8 Å². The van der Waals surface area contributed by atoms with Gasteiger partial charge in [-0.1, -0.05) is 42.5 Å². The number of nitro benzene ring substituents is 1. The average molecular weight is 489 g/mol. The van der Waals surface area contributed by atoms with Gasteiger partial charge in [0.25, 0.3) is 5.69 Å². The molecule has 2 amide bonds. The molecule has 3 aromatic carbocycles. The van der Waals surface area contributed by atoms with Crippen molar-refractivity contribution in [2.45, 2.75) is 18.0 Å². The molecule has 2 aliphatic rings. The molecular weight excluding hydrogens is 469 g/mol. The first-order valence-corrected chi connectivity index (χ1v) is 11.2. The van der Waals surface area contributed by atoms with E-state index >= 15 is 0 Å². The fourth-order valence-electron chi connectivity index (χ4n) is 5.29. The predicted octanol–water partition coefficient (Wildman–Crippen LogP) is 3.25. The van der Waals surface area contributed by atoms with Gasteiger partial charge < -0.3 is 5.11 Å². The van der Waals surface area contributed by atoms with Crippen LogP contribution in [-0.4, -0.2) is 33.4 Å². The summed E-state index contributed by atoms with van der Waals surface area (Å²) >= 11 is 0. The normalized spacial score (nSPS) is 25.1. The molecule has 0 radical (unpaired) electrons. The fraction of sp³-hybridized carbons (Fsp3) is 0.192. The Morgan fingerprint density at radius 2 is 1.64 bits per heavy atom. The van der Waals surface area contributed by atoms with Crippen LogP contribution in [0.4, 0.5) is 15.8 Å². The molecule has 0 saturated carbocycles. The van der Waals surface area contributed by atoms with Crippen LogP contribution in [0.3, 0.4) is 0 Å². The number of hydrogen-bond donors (Lipinski definition) is 2. The molecule has 3 aromatic rings. The van der Waals surface area contributed by atoms with Gasteiger partial charge >= 0.3 is 5.97 Å². The number of benzene rings is 3. The number of carbonyl (C=O) groups is 3. The maximum Gasteiger partial charge on any atom is 0.325 e. The summed E-state index contributed by atoms with van der Waals surface area (Å²) in [6, 6.07) is 18.1. The van der Waals surface area contributed by atoms with Gasteiger partial charge in [0.1, 0.15) is 11.4 Å². The molecule has 2 heterocycles. The van der Waals surface area contributed by atoms with E-state index in [0.717, 1.165) is 17.0 Å². The molecule has 5 rings (SSSR count). The maximum atomic E-state index is 13.7. The van der Waals surface area contributed by atoms with Crippen molar-refractivity contribution < 1.29 is 28.8 Å². The maximum absolute atomic E-state index is 13.7. The van der Waals surface area contributed by atoms with Gasteiger partial charge in [0.15, 0.2) is 0 Å². The van der Waals surface area contributed by atoms with E-state index in [1.54, 1.807) is 30.3 Å². The summed E-state index contributed by atoms with van der Waals surface area (Å²) < 4.78 is 13.5. The predicted molar refractivity (Wildman–Crippen MR) is 125 cm³/mol. The van der Waals surface area contributed by atoms with Crippen LogP contribution >= 0.6 is 0 Å². The van der Waals surface area contributed by atoms with Gasteiger partial charge in [-0.15, -0.1) is 0 Å². The molecule has 2 aliphatic heterocycles. The lowest BCUT2D eigenvalue weighted by Gasteiger charge is -2.31. The van der Waals surface area contributed by atoms with E-state index < -0.39 is 51.9 Å². The number of halogens is 1. The third kappa shape index (κ3) is 3.62. The topological polar surface area (TPSA) is 130 Å². The van der Waals surface area contributed by atoms with Crippen LogP contribution in [0.1, 0.15) is 17.2 Å². The van der Waals surface area contributed by atoms with Crippen LogP contribution in [0.5, 0.6) is 0 Å². The Hall–Kier alpha value is -4.44. The lowest BCUT2D eigenvalue weighted by molar-refractivity contribution is -0.384. The highest BCUT2D eigenvalue weighted by molar-refractivity contribution is 6.24. The van der Waals surface area contributed by atoms with Crippen molar-refractivity contribution in [1.82, 2.24) is 5.32 Å². The molecule has 0 aromatic heterocycles. The molecule has 2 fully saturated rings. The third-order valence-electron chi connectivity index (χ3n) is 6.91. The van der Waals surface area contributed by atoms with Crippen molar-refractivity contribution >= 4 is 29.2 Å². The van der Waals surface area contributed by atoms with Crippen molar-refractivity contribution in [2.24, 2.45) is 11.8 Å². The van der Waals surface area contributed by atoms with Crippen LogP contribution in [0, 0.1) is 27.8 Å². The first kappa shape index (κ1) is 23.3. The summed E-state index contributed by atoms with van der Waals surface area (Å²) in [7, 11) is 0. The van der Waals surface area contributed by atoms with E-state index in [1.807, 2.05) is 0 Å². The Bertz CT molecular complexity index is 1360. The standard InChI is InChI=1S/C26H20FN3O6/c27-17-8-12-18(13-9-17)29-23(31)20-21(24(29)32)26(25(33)34,14-15-4-2-1-3-5-15)28-22(20)16-6-10-19(11-7-16)30(35)36/h1-13,20-22,28H,14H2,(H,33,34). The SMILES string of the molecule is O=C1C2C(c3ccc([N+](=O)[O-])cc3)NC(Cc3ccccc3)(C(=O)O)C2C(=O)N1c1ccc(F)cc1. The number of carboxylic acid groups (broad SMARTS) is 1. The Morgan fingerprint density at radius 1 is 1.00 bits per heavy atom. The highest BCUT2D eigenvalue weighted by atomic mass is 19.1. The van der Waals surface area contributed by atoms with Gasteiger partial charge in [-0.25, -0.2) is 9.29 Å². The van der Waals surface area contributed by atoms with E-state index in [-0.39, 0.29) is 17.8 Å². The molecule has 0 aliphatic carbocycles. The van der Waals surface area contributed by atoms with Crippen molar-refractivity contribution in [2.75, 3.05) is 4.90 Å². The summed E-state index contributed by atoms with van der Waals surface area (Å²) in [6.07, 6.45) is -0.0793. The minimum absolute atomic E-state index is 0.0793. The lowest BCUT2D eigenvalue weighted by Crippen LogP contribution is -2.57. The van der Waals surface area contributed by atoms with Crippen LogP contribution in [0.15, 0.2) is 78.9 Å². The number of carbonyl (C=O) groups excluding carboxylic acids is 2. The first-order valence-electron chi connectivity index (χ1n) is 11.2. The van der Waals surface area contributed by atoms with Crippen molar-refractivity contribution in [1.29, 1.82) is 0 Å². The molecule has 0 spiro atoms. The smallest absolute Gasteiger partial charge is 0.325 e. The number of aliphatic carboxylic acids is 1. The molecule has 36 heavy (non-hydrogen) atoms. The fourth-order valence-corrected chi connectivity index (χ4v) is 5.29. The number of hydrogen-bond acceptors (Lipinski definition) is 6. The van der Waals surface area contributed by atoms with Crippen LogP contribution in [0.25, 0.3) is 0 Å². The van der Waals surface area contributed by atoms with E-state index in [4.69, 9.17) is 0 Å². The number of nitrogens with one attached hydrogen (secondary N) is 1. The van der Waals surface area contributed by atoms with Gasteiger partial charge in [0, 0.05) is 24.6 Å². The Kier molecular flexibility index (Phi) is 5.60. The van der Waals surface area contributed by atoms with Gasteiger partial charge in [0.2, 0.25) is 11.8 Å². The Morgan fingerprint density at radius 3 is 2.22 bits per heavy atom. The monoisotopic (exact) mass is 489 g/mol. The van der Waals surface area contributed by atoms with E-state index in [9.17, 15) is 34.0 Å². The third-order valence-corrected chi connectivity index (χ3v) is 6.91.